The summed E-state index contributed by atoms with van der Waals surface area (Å²) in [7, 11) is 1.87. The lowest BCUT2D eigenvalue weighted by atomic mass is 10.00. The van der Waals surface area contributed by atoms with Crippen LogP contribution in [-0.2, 0) is 6.42 Å². The lowest BCUT2D eigenvalue weighted by molar-refractivity contribution is 0.553. The summed E-state index contributed by atoms with van der Waals surface area (Å²) in [6.07, 6.45) is 4.16. The fourth-order valence-corrected chi connectivity index (χ4v) is 1.85. The SMILES string of the molecule is CNC(Cc1ccccc1F)c1cccnc1. The largest absolute Gasteiger partial charge is 0.313 e. The van der Waals surface area contributed by atoms with Crippen LogP contribution in [0.1, 0.15) is 17.2 Å². The molecule has 3 heteroatoms. The van der Waals surface area contributed by atoms with Crippen LogP contribution >= 0.6 is 0 Å². The average molecular weight is 230 g/mol. The zero-order valence-electron chi connectivity index (χ0n) is 9.73. The summed E-state index contributed by atoms with van der Waals surface area (Å²) in [6, 6.07) is 10.8. The van der Waals surface area contributed by atoms with E-state index in [0.29, 0.717) is 6.42 Å². The van der Waals surface area contributed by atoms with Gasteiger partial charge in [-0.2, -0.15) is 0 Å². The lowest BCUT2D eigenvalue weighted by Crippen LogP contribution is -2.19. The van der Waals surface area contributed by atoms with E-state index in [2.05, 4.69) is 10.3 Å². The first-order valence-electron chi connectivity index (χ1n) is 5.62. The van der Waals surface area contributed by atoms with E-state index in [1.165, 1.54) is 6.07 Å². The van der Waals surface area contributed by atoms with Gasteiger partial charge in [0.2, 0.25) is 0 Å². The van der Waals surface area contributed by atoms with Gasteiger partial charge in [0.1, 0.15) is 5.82 Å². The highest BCUT2D eigenvalue weighted by molar-refractivity contribution is 5.22. The zero-order chi connectivity index (χ0) is 12.1. The molecule has 2 nitrogen and oxygen atoms in total. The van der Waals surface area contributed by atoms with Gasteiger partial charge < -0.3 is 5.32 Å². The number of pyridine rings is 1. The molecule has 2 aromatic rings. The number of hydrogen-bond donors (Lipinski definition) is 1. The quantitative estimate of drug-likeness (QED) is 0.873. The van der Waals surface area contributed by atoms with Gasteiger partial charge in [-0.05, 0) is 36.7 Å². The molecular weight excluding hydrogens is 215 g/mol. The molecule has 0 saturated carbocycles. The summed E-state index contributed by atoms with van der Waals surface area (Å²) < 4.78 is 13.6. The van der Waals surface area contributed by atoms with Crippen molar-refractivity contribution in [1.29, 1.82) is 0 Å². The Kier molecular flexibility index (Phi) is 3.83. The van der Waals surface area contributed by atoms with E-state index in [9.17, 15) is 4.39 Å². The summed E-state index contributed by atoms with van der Waals surface area (Å²) in [4.78, 5) is 4.08. The van der Waals surface area contributed by atoms with Crippen LogP contribution in [0.3, 0.4) is 0 Å². The lowest BCUT2D eigenvalue weighted by Gasteiger charge is -2.16. The Morgan fingerprint density at radius 1 is 1.24 bits per heavy atom. The van der Waals surface area contributed by atoms with Gasteiger partial charge in [0.25, 0.3) is 0 Å². The maximum Gasteiger partial charge on any atom is 0.126 e. The molecule has 1 N–H and O–H groups in total. The normalized spacial score (nSPS) is 12.4. The average Bonchev–Trinajstić information content (AvgIpc) is 2.39. The Morgan fingerprint density at radius 2 is 2.06 bits per heavy atom. The number of rotatable bonds is 4. The number of benzene rings is 1. The monoisotopic (exact) mass is 230 g/mol. The molecule has 0 aliphatic rings. The number of likely N-dealkylation sites (N-methyl/N-ethyl adjacent to an activating group) is 1. The van der Waals surface area contributed by atoms with Crippen LogP contribution in [0.5, 0.6) is 0 Å². The number of nitrogens with zero attached hydrogens (tertiary/aromatic N) is 1. The Bertz CT molecular complexity index is 471. The first-order valence-corrected chi connectivity index (χ1v) is 5.62. The third kappa shape index (κ3) is 2.88. The number of hydrogen-bond acceptors (Lipinski definition) is 2. The molecule has 1 atom stereocenters. The molecule has 0 amide bonds. The maximum atomic E-state index is 13.6. The topological polar surface area (TPSA) is 24.9 Å². The number of nitrogens with one attached hydrogen (secondary N) is 1. The Labute approximate surface area is 101 Å². The minimum Gasteiger partial charge on any atom is -0.313 e. The molecular formula is C14H15FN2. The van der Waals surface area contributed by atoms with Crippen LogP contribution < -0.4 is 5.32 Å². The van der Waals surface area contributed by atoms with Gasteiger partial charge in [-0.15, -0.1) is 0 Å². The molecule has 17 heavy (non-hydrogen) atoms. The summed E-state index contributed by atoms with van der Waals surface area (Å²) in [6.45, 7) is 0. The van der Waals surface area contributed by atoms with Crippen LogP contribution in [0.25, 0.3) is 0 Å². The summed E-state index contributed by atoms with van der Waals surface area (Å²) in [5, 5.41) is 3.19. The van der Waals surface area contributed by atoms with Crippen molar-refractivity contribution in [3.05, 3.63) is 65.7 Å². The van der Waals surface area contributed by atoms with Crippen LogP contribution in [0.15, 0.2) is 48.8 Å². The molecule has 0 spiro atoms. The van der Waals surface area contributed by atoms with E-state index in [1.807, 2.05) is 37.5 Å². The third-order valence-electron chi connectivity index (χ3n) is 2.82. The Morgan fingerprint density at radius 3 is 2.71 bits per heavy atom. The van der Waals surface area contributed by atoms with Crippen molar-refractivity contribution < 1.29 is 4.39 Å². The van der Waals surface area contributed by atoms with E-state index >= 15 is 0 Å². The summed E-state index contributed by atoms with van der Waals surface area (Å²) in [5.41, 5.74) is 1.79. The standard InChI is InChI=1S/C14H15FN2/c1-16-14(12-6-4-8-17-10-12)9-11-5-2-3-7-13(11)15/h2-8,10,14,16H,9H2,1H3. The number of halogens is 1. The minimum atomic E-state index is -0.156. The molecule has 0 bridgehead atoms. The minimum absolute atomic E-state index is 0.0839. The van der Waals surface area contributed by atoms with Gasteiger partial charge in [-0.25, -0.2) is 4.39 Å². The van der Waals surface area contributed by atoms with Crippen molar-refractivity contribution >= 4 is 0 Å². The summed E-state index contributed by atoms with van der Waals surface area (Å²) in [5.74, 6) is -0.156. The van der Waals surface area contributed by atoms with Gasteiger partial charge in [0, 0.05) is 18.4 Å². The fraction of sp³-hybridized carbons (Fsp3) is 0.214. The highest BCUT2D eigenvalue weighted by atomic mass is 19.1. The zero-order valence-corrected chi connectivity index (χ0v) is 9.73. The van der Waals surface area contributed by atoms with Crippen LogP contribution in [0, 0.1) is 5.82 Å². The molecule has 0 radical (unpaired) electrons. The van der Waals surface area contributed by atoms with Crippen LogP contribution in [-0.4, -0.2) is 12.0 Å². The first kappa shape index (κ1) is 11.7. The maximum absolute atomic E-state index is 13.6. The second-order valence-electron chi connectivity index (χ2n) is 3.92. The van der Waals surface area contributed by atoms with E-state index in [1.54, 1.807) is 12.3 Å². The molecule has 1 unspecified atom stereocenters. The predicted octanol–water partition coefficient (Wildman–Crippen LogP) is 2.72. The van der Waals surface area contributed by atoms with Crippen LogP contribution in [0.2, 0.25) is 0 Å². The Balaban J connectivity index is 2.19. The van der Waals surface area contributed by atoms with Crippen molar-refractivity contribution in [3.8, 4) is 0 Å². The van der Waals surface area contributed by atoms with Gasteiger partial charge in [0.05, 0.1) is 0 Å². The van der Waals surface area contributed by atoms with Crippen molar-refractivity contribution in [2.75, 3.05) is 7.05 Å². The van der Waals surface area contributed by atoms with E-state index in [-0.39, 0.29) is 11.9 Å². The smallest absolute Gasteiger partial charge is 0.126 e. The van der Waals surface area contributed by atoms with E-state index in [0.717, 1.165) is 11.1 Å². The second kappa shape index (κ2) is 5.55. The molecule has 1 aromatic carbocycles. The first-order chi connectivity index (χ1) is 8.31. The Hall–Kier alpha value is -1.74. The van der Waals surface area contributed by atoms with Crippen molar-refractivity contribution in [2.24, 2.45) is 0 Å². The molecule has 0 aliphatic heterocycles. The van der Waals surface area contributed by atoms with Crippen molar-refractivity contribution in [2.45, 2.75) is 12.5 Å². The van der Waals surface area contributed by atoms with Crippen LogP contribution in [0.4, 0.5) is 4.39 Å². The highest BCUT2D eigenvalue weighted by Gasteiger charge is 2.12. The van der Waals surface area contributed by atoms with Gasteiger partial charge in [-0.3, -0.25) is 4.98 Å². The second-order valence-corrected chi connectivity index (χ2v) is 3.92. The highest BCUT2D eigenvalue weighted by Crippen LogP contribution is 2.18. The van der Waals surface area contributed by atoms with Gasteiger partial charge in [-0.1, -0.05) is 24.3 Å². The molecule has 88 valence electrons. The fourth-order valence-electron chi connectivity index (χ4n) is 1.85. The molecule has 0 fully saturated rings. The molecule has 0 aliphatic carbocycles. The van der Waals surface area contributed by atoms with Crippen molar-refractivity contribution in [3.63, 3.8) is 0 Å². The van der Waals surface area contributed by atoms with Gasteiger partial charge in [0.15, 0.2) is 0 Å². The molecule has 2 rings (SSSR count). The third-order valence-corrected chi connectivity index (χ3v) is 2.82. The molecule has 1 heterocycles. The van der Waals surface area contributed by atoms with E-state index < -0.39 is 0 Å². The van der Waals surface area contributed by atoms with Gasteiger partial charge >= 0.3 is 0 Å². The predicted molar refractivity (Wildman–Crippen MR) is 66.1 cm³/mol. The number of aromatic nitrogens is 1. The molecule has 1 aromatic heterocycles. The molecule has 0 saturated heterocycles. The van der Waals surface area contributed by atoms with Crippen molar-refractivity contribution in [1.82, 2.24) is 10.3 Å². The summed E-state index contributed by atoms with van der Waals surface area (Å²) >= 11 is 0. The van der Waals surface area contributed by atoms with E-state index in [4.69, 9.17) is 0 Å².